The van der Waals surface area contributed by atoms with Gasteiger partial charge in [0, 0.05) is 19.4 Å². The Hall–Kier alpha value is -1.81. The molecule has 8 nitrogen and oxygen atoms in total. The molecule has 0 saturated carbocycles. The summed E-state index contributed by atoms with van der Waals surface area (Å²) in [6.45, 7) is 20.9. The van der Waals surface area contributed by atoms with Crippen LogP contribution in [-0.4, -0.2) is 70.3 Å². The largest absolute Gasteiger partial charge is 0.457 e. The molecule has 1 heterocycles. The van der Waals surface area contributed by atoms with E-state index in [1.807, 2.05) is 26.8 Å². The molecule has 0 spiro atoms. The summed E-state index contributed by atoms with van der Waals surface area (Å²) in [7, 11) is -2.23. The van der Waals surface area contributed by atoms with Crippen LogP contribution in [0.5, 0.6) is 0 Å². The molecular weight excluding hydrogens is 504 g/mol. The van der Waals surface area contributed by atoms with E-state index >= 15 is 0 Å². The lowest BCUT2D eigenvalue weighted by Crippen LogP contribution is -2.48. The van der Waals surface area contributed by atoms with Gasteiger partial charge in [-0.15, -0.1) is 0 Å². The minimum absolute atomic E-state index is 0.0543. The van der Waals surface area contributed by atoms with Gasteiger partial charge in [0.1, 0.15) is 24.1 Å². The summed E-state index contributed by atoms with van der Waals surface area (Å²) in [5, 5.41) is -0.0543. The van der Waals surface area contributed by atoms with Crippen LogP contribution in [0.1, 0.15) is 74.7 Å². The molecule has 0 aromatic heterocycles. The molecule has 0 amide bonds. The molecule has 1 aliphatic heterocycles. The number of rotatable bonds is 10. The maximum absolute atomic E-state index is 13.2. The lowest BCUT2D eigenvalue weighted by molar-refractivity contribution is -0.166. The van der Waals surface area contributed by atoms with Crippen LogP contribution in [0.15, 0.2) is 23.8 Å². The highest BCUT2D eigenvalue weighted by atomic mass is 28.4. The third-order valence-corrected chi connectivity index (χ3v) is 12.0. The Bertz CT molecular complexity index is 844. The quantitative estimate of drug-likeness (QED) is 0.0865. The molecule has 0 aromatic carbocycles. The molecule has 0 radical (unpaired) electrons. The van der Waals surface area contributed by atoms with Crippen molar-refractivity contribution in [3.05, 3.63) is 23.8 Å². The highest BCUT2D eigenvalue weighted by Crippen LogP contribution is 2.39. The van der Waals surface area contributed by atoms with Crippen molar-refractivity contribution in [2.45, 2.75) is 117 Å². The van der Waals surface area contributed by atoms with Gasteiger partial charge in [0.15, 0.2) is 8.32 Å². The third kappa shape index (κ3) is 10.7. The number of carbonyl (C=O) groups excluding carboxylic acids is 3. The van der Waals surface area contributed by atoms with Gasteiger partial charge >= 0.3 is 11.9 Å². The number of aldehydes is 1. The van der Waals surface area contributed by atoms with Gasteiger partial charge < -0.3 is 23.4 Å². The number of hydrogen-bond donors (Lipinski definition) is 0. The molecule has 0 unspecified atom stereocenters. The van der Waals surface area contributed by atoms with Gasteiger partial charge in [0.2, 0.25) is 0 Å². The molecule has 0 fully saturated rings. The Morgan fingerprint density at radius 3 is 2.42 bits per heavy atom. The van der Waals surface area contributed by atoms with Crippen LogP contribution < -0.4 is 0 Å². The van der Waals surface area contributed by atoms with Crippen LogP contribution in [0.25, 0.3) is 0 Å². The zero-order valence-electron chi connectivity index (χ0n) is 25.1. The molecule has 0 saturated heterocycles. The lowest BCUT2D eigenvalue weighted by Gasteiger charge is -2.41. The molecule has 9 heteroatoms. The zero-order chi connectivity index (χ0) is 29.1. The second kappa shape index (κ2) is 15.1. The maximum Gasteiger partial charge on any atom is 0.308 e. The predicted molar refractivity (Wildman–Crippen MR) is 150 cm³/mol. The third-order valence-electron chi connectivity index (χ3n) is 7.49. The molecule has 218 valence electrons. The first-order chi connectivity index (χ1) is 17.6. The molecule has 1 rings (SSSR count). The fraction of sp³-hybridized carbons (Fsp3) is 0.759. The van der Waals surface area contributed by atoms with Crippen molar-refractivity contribution in [1.29, 1.82) is 0 Å². The summed E-state index contributed by atoms with van der Waals surface area (Å²) in [6, 6.07) is 0. The van der Waals surface area contributed by atoms with Gasteiger partial charge in [-0.05, 0) is 69.5 Å². The van der Waals surface area contributed by atoms with Gasteiger partial charge in [-0.2, -0.15) is 0 Å². The Kier molecular flexibility index (Phi) is 13.6. The minimum Gasteiger partial charge on any atom is -0.457 e. The predicted octanol–water partition coefficient (Wildman–Crippen LogP) is 5.55. The number of cyclic esters (lactones) is 1. The monoisotopic (exact) mass is 554 g/mol. The first-order valence-electron chi connectivity index (χ1n) is 13.6. The average Bonchev–Trinajstić information content (AvgIpc) is 2.79. The van der Waals surface area contributed by atoms with Crippen molar-refractivity contribution in [1.82, 2.24) is 0 Å². The topological polar surface area (TPSA) is 97.4 Å². The van der Waals surface area contributed by atoms with E-state index in [2.05, 4.69) is 33.9 Å². The van der Waals surface area contributed by atoms with E-state index in [4.69, 9.17) is 23.4 Å². The van der Waals surface area contributed by atoms with Crippen molar-refractivity contribution in [3.63, 3.8) is 0 Å². The highest BCUT2D eigenvalue weighted by Gasteiger charge is 2.42. The number of hydrogen-bond acceptors (Lipinski definition) is 8. The van der Waals surface area contributed by atoms with Gasteiger partial charge in [0.25, 0.3) is 0 Å². The van der Waals surface area contributed by atoms with Crippen LogP contribution in [0.3, 0.4) is 0 Å². The molecule has 1 aliphatic rings. The average molecular weight is 555 g/mol. The maximum atomic E-state index is 13.2. The van der Waals surface area contributed by atoms with E-state index in [1.165, 1.54) is 13.0 Å². The molecule has 38 heavy (non-hydrogen) atoms. The zero-order valence-corrected chi connectivity index (χ0v) is 26.1. The van der Waals surface area contributed by atoms with E-state index in [1.54, 1.807) is 13.0 Å². The van der Waals surface area contributed by atoms with Crippen molar-refractivity contribution in [3.8, 4) is 0 Å². The summed E-state index contributed by atoms with van der Waals surface area (Å²) < 4.78 is 30.2. The van der Waals surface area contributed by atoms with Crippen LogP contribution in [0.4, 0.5) is 0 Å². The fourth-order valence-electron chi connectivity index (χ4n) is 4.13. The van der Waals surface area contributed by atoms with Crippen LogP contribution in [0.2, 0.25) is 18.1 Å². The van der Waals surface area contributed by atoms with E-state index in [0.717, 1.165) is 0 Å². The molecule has 0 aliphatic carbocycles. The Balaban J connectivity index is 3.54. The van der Waals surface area contributed by atoms with Gasteiger partial charge in [-0.3, -0.25) is 14.4 Å². The van der Waals surface area contributed by atoms with Crippen molar-refractivity contribution >= 4 is 26.5 Å². The minimum atomic E-state index is -2.23. The Labute approximate surface area is 230 Å². The van der Waals surface area contributed by atoms with Crippen molar-refractivity contribution < 1.29 is 37.8 Å². The van der Waals surface area contributed by atoms with Crippen molar-refractivity contribution in [2.75, 3.05) is 19.8 Å². The summed E-state index contributed by atoms with van der Waals surface area (Å²) in [6.07, 6.45) is 5.04. The normalized spacial score (nSPS) is 29.0. The Morgan fingerprint density at radius 2 is 1.87 bits per heavy atom. The van der Waals surface area contributed by atoms with Gasteiger partial charge in [-0.1, -0.05) is 33.8 Å². The number of ether oxygens (including phenoxy) is 4. The molecule has 0 N–H and O–H groups in total. The fourth-order valence-corrected chi connectivity index (χ4v) is 5.52. The highest BCUT2D eigenvalue weighted by molar-refractivity contribution is 6.74. The van der Waals surface area contributed by atoms with Gasteiger partial charge in [0.05, 0.1) is 25.7 Å². The standard InChI is InChI=1S/C29H50O8Si/c1-11-33-18-19-34-29(8)16-14-24(37-38(9,10)28(5,6)7)20-26(32)36-27(22(3)15-17-30)21(2)12-13-25(29)35-23(4)31/h12-13,15,17,21,24-25,27H,11,14,16,18-20H2,1-10H3/b13-12+,22-15+/t21-,24+,25-,27-,29+/m0/s1. The lowest BCUT2D eigenvalue weighted by atomic mass is 9.88. The summed E-state index contributed by atoms with van der Waals surface area (Å²) >= 11 is 0. The summed E-state index contributed by atoms with van der Waals surface area (Å²) in [5.74, 6) is -1.10. The van der Waals surface area contributed by atoms with Crippen molar-refractivity contribution in [2.24, 2.45) is 5.92 Å². The van der Waals surface area contributed by atoms with E-state index in [-0.39, 0.29) is 23.3 Å². The number of esters is 2. The molecule has 5 atom stereocenters. The van der Waals surface area contributed by atoms with Crippen LogP contribution >= 0.6 is 0 Å². The first kappa shape index (κ1) is 34.2. The second-order valence-electron chi connectivity index (χ2n) is 11.8. The molecule has 0 aromatic rings. The van der Waals surface area contributed by atoms with Crippen LogP contribution in [0, 0.1) is 5.92 Å². The summed E-state index contributed by atoms with van der Waals surface area (Å²) in [4.78, 5) is 36.5. The number of carbonyl (C=O) groups is 3. The van der Waals surface area contributed by atoms with E-state index in [9.17, 15) is 14.4 Å². The summed E-state index contributed by atoms with van der Waals surface area (Å²) in [5.41, 5.74) is -0.260. The smallest absolute Gasteiger partial charge is 0.308 e. The SMILES string of the molecule is CCOCCO[C@]1(C)CC[C@@H](O[Si](C)(C)C(C)(C)C)CC(=O)O[C@H](/C(C)=C/C=O)[C@@H](C)/C=C/[C@@H]1OC(C)=O. The Morgan fingerprint density at radius 1 is 1.21 bits per heavy atom. The van der Waals surface area contributed by atoms with E-state index < -0.39 is 38.2 Å². The van der Waals surface area contributed by atoms with E-state index in [0.29, 0.717) is 44.5 Å². The second-order valence-corrected chi connectivity index (χ2v) is 16.6. The first-order valence-corrected chi connectivity index (χ1v) is 16.5. The molecular formula is C29H50O8Si. The van der Waals surface area contributed by atoms with Gasteiger partial charge in [-0.25, -0.2) is 0 Å². The van der Waals surface area contributed by atoms with Crippen LogP contribution in [-0.2, 0) is 37.8 Å². The number of allylic oxidation sites excluding steroid dienone is 1. The molecule has 0 bridgehead atoms.